The van der Waals surface area contributed by atoms with Crippen LogP contribution in [0.3, 0.4) is 0 Å². The molecule has 0 atom stereocenters. The van der Waals surface area contributed by atoms with Gasteiger partial charge in [-0.1, -0.05) is 0 Å². The van der Waals surface area contributed by atoms with E-state index >= 15 is 0 Å². The van der Waals surface area contributed by atoms with Crippen LogP contribution >= 0.6 is 0 Å². The Morgan fingerprint density at radius 2 is 1.62 bits per heavy atom. The molecule has 1 aromatic carbocycles. The number of phenolic OH excluding ortho intramolecular Hbond substituents is 1. The predicted molar refractivity (Wildman–Crippen MR) is 71.6 cm³/mol. The molecule has 0 spiro atoms. The number of aryl methyl sites for hydroxylation is 1. The van der Waals surface area contributed by atoms with Gasteiger partial charge in [0.1, 0.15) is 0 Å². The van der Waals surface area contributed by atoms with Gasteiger partial charge in [-0.25, -0.2) is 0 Å². The number of nitro groups is 2. The molecular weight excluding hydrogens is 282 g/mol. The Morgan fingerprint density at radius 1 is 1.05 bits per heavy atom. The van der Waals surface area contributed by atoms with Crippen molar-refractivity contribution in [3.8, 4) is 5.75 Å². The molecule has 1 N–H and O–H groups in total. The first-order valence-electron chi connectivity index (χ1n) is 5.58. The van der Waals surface area contributed by atoms with Crippen molar-refractivity contribution >= 4 is 11.4 Å². The number of rotatable bonds is 2. The molecule has 0 fully saturated rings. The van der Waals surface area contributed by atoms with E-state index in [1.54, 1.807) is 12.1 Å². The minimum absolute atomic E-state index is 0.426. The zero-order valence-electron chi connectivity index (χ0n) is 10.9. The highest BCUT2D eigenvalue weighted by Crippen LogP contribution is 2.29. The van der Waals surface area contributed by atoms with Crippen LogP contribution in [0.4, 0.5) is 11.4 Å². The fraction of sp³-hybridized carbons (Fsp3) is 0.0833. The molecule has 0 saturated heterocycles. The zero-order chi connectivity index (χ0) is 16.0. The summed E-state index contributed by atoms with van der Waals surface area (Å²) in [5.74, 6) is -0.587. The summed E-state index contributed by atoms with van der Waals surface area (Å²) in [6, 6.07) is 6.15. The Hall–Kier alpha value is -3.23. The quantitative estimate of drug-likeness (QED) is 0.388. The van der Waals surface area contributed by atoms with Crippen molar-refractivity contribution in [2.75, 3.05) is 0 Å². The van der Waals surface area contributed by atoms with E-state index in [1.807, 2.05) is 6.92 Å². The van der Waals surface area contributed by atoms with E-state index in [0.29, 0.717) is 6.07 Å². The van der Waals surface area contributed by atoms with E-state index in [2.05, 4.69) is 0 Å². The van der Waals surface area contributed by atoms with Crippen LogP contribution in [0.1, 0.15) is 5.56 Å². The lowest BCUT2D eigenvalue weighted by Gasteiger charge is -1.94. The van der Waals surface area contributed by atoms with Gasteiger partial charge in [-0.2, -0.15) is 4.73 Å². The number of hydrogen-bond acceptors (Lipinski definition) is 6. The molecule has 2 rings (SSSR count). The van der Waals surface area contributed by atoms with Crippen molar-refractivity contribution in [2.24, 2.45) is 0 Å². The Balaban J connectivity index is 0.000000235. The Kier molecular flexibility index (Phi) is 5.12. The number of aromatic nitrogens is 1. The summed E-state index contributed by atoms with van der Waals surface area (Å²) in [6.07, 6.45) is 2.96. The molecule has 0 aliphatic carbocycles. The topological polar surface area (TPSA) is 133 Å². The number of pyridine rings is 1. The van der Waals surface area contributed by atoms with Gasteiger partial charge in [-0.05, 0) is 18.6 Å². The second-order valence-corrected chi connectivity index (χ2v) is 3.92. The molecule has 0 aliphatic rings. The minimum Gasteiger partial charge on any atom is -0.619 e. The lowest BCUT2D eigenvalue weighted by molar-refractivity contribution is -0.605. The second kappa shape index (κ2) is 6.80. The van der Waals surface area contributed by atoms with Crippen molar-refractivity contribution in [1.82, 2.24) is 0 Å². The standard InChI is InChI=1S/C6H4N2O5.C6H7NO/c9-6-2-1-4(7(10)11)3-5(6)8(12)13;1-6-2-4-7(8)5-3-6/h1-3,9H;2-5H,1H3. The van der Waals surface area contributed by atoms with Crippen LogP contribution in [-0.4, -0.2) is 15.0 Å². The number of aromatic hydroxyl groups is 1. The molecule has 0 unspecified atom stereocenters. The third-order valence-electron chi connectivity index (χ3n) is 2.34. The number of nitro benzene ring substituents is 2. The molecule has 0 amide bonds. The normalized spacial score (nSPS) is 9.38. The molecule has 1 heterocycles. The van der Waals surface area contributed by atoms with Crippen LogP contribution in [0.5, 0.6) is 5.75 Å². The fourth-order valence-electron chi connectivity index (χ4n) is 1.26. The number of benzene rings is 1. The summed E-state index contributed by atoms with van der Waals surface area (Å²) in [7, 11) is 0. The van der Waals surface area contributed by atoms with Gasteiger partial charge in [0.05, 0.1) is 15.9 Å². The average Bonchev–Trinajstić information content (AvgIpc) is 2.42. The maximum Gasteiger partial charge on any atom is 0.317 e. The monoisotopic (exact) mass is 293 g/mol. The van der Waals surface area contributed by atoms with E-state index in [9.17, 15) is 25.4 Å². The predicted octanol–water partition coefficient (Wildman–Crippen LogP) is 1.84. The van der Waals surface area contributed by atoms with Crippen molar-refractivity contribution in [2.45, 2.75) is 6.92 Å². The second-order valence-electron chi connectivity index (χ2n) is 3.92. The largest absolute Gasteiger partial charge is 0.619 e. The van der Waals surface area contributed by atoms with E-state index in [0.717, 1.165) is 22.4 Å². The highest BCUT2D eigenvalue weighted by atomic mass is 16.6. The van der Waals surface area contributed by atoms with Crippen LogP contribution in [-0.2, 0) is 0 Å². The Bertz CT molecular complexity index is 636. The van der Waals surface area contributed by atoms with E-state index < -0.39 is 27.0 Å². The van der Waals surface area contributed by atoms with E-state index in [1.165, 1.54) is 12.4 Å². The fourth-order valence-corrected chi connectivity index (χ4v) is 1.26. The molecule has 0 aliphatic heterocycles. The molecule has 1 aromatic heterocycles. The van der Waals surface area contributed by atoms with Crippen molar-refractivity contribution < 1.29 is 19.7 Å². The average molecular weight is 293 g/mol. The third-order valence-corrected chi connectivity index (χ3v) is 2.34. The molecular formula is C12H11N3O6. The first kappa shape index (κ1) is 15.8. The molecule has 110 valence electrons. The Labute approximate surface area is 118 Å². The summed E-state index contributed by atoms with van der Waals surface area (Å²) < 4.78 is 0.771. The van der Waals surface area contributed by atoms with E-state index in [-0.39, 0.29) is 0 Å². The van der Waals surface area contributed by atoms with Gasteiger partial charge in [-0.3, -0.25) is 20.2 Å². The number of phenols is 1. The first-order chi connectivity index (χ1) is 9.81. The first-order valence-corrected chi connectivity index (χ1v) is 5.58. The molecule has 21 heavy (non-hydrogen) atoms. The van der Waals surface area contributed by atoms with Crippen LogP contribution in [0.2, 0.25) is 0 Å². The van der Waals surface area contributed by atoms with Gasteiger partial charge in [0, 0.05) is 18.2 Å². The molecule has 0 radical (unpaired) electrons. The summed E-state index contributed by atoms with van der Waals surface area (Å²) in [5, 5.41) is 39.7. The van der Waals surface area contributed by atoms with Crippen LogP contribution < -0.4 is 4.73 Å². The third kappa shape index (κ3) is 4.74. The van der Waals surface area contributed by atoms with E-state index in [4.69, 9.17) is 5.11 Å². The van der Waals surface area contributed by atoms with Crippen molar-refractivity contribution in [3.05, 3.63) is 73.7 Å². The SMILES string of the molecule is Cc1cc[n+]([O-])cc1.O=[N+]([O-])c1ccc(O)c([N+](=O)[O-])c1. The van der Waals surface area contributed by atoms with Crippen LogP contribution in [0, 0.1) is 32.4 Å². The number of non-ortho nitro benzene ring substituents is 1. The van der Waals surface area contributed by atoms with Crippen molar-refractivity contribution in [1.29, 1.82) is 0 Å². The molecule has 9 heteroatoms. The maximum atomic E-state index is 10.3. The smallest absolute Gasteiger partial charge is 0.317 e. The highest BCUT2D eigenvalue weighted by molar-refractivity contribution is 5.52. The van der Waals surface area contributed by atoms with Gasteiger partial charge < -0.3 is 10.3 Å². The lowest BCUT2D eigenvalue weighted by atomic mass is 10.2. The van der Waals surface area contributed by atoms with Crippen LogP contribution in [0.15, 0.2) is 42.7 Å². The van der Waals surface area contributed by atoms with Gasteiger partial charge in [0.15, 0.2) is 18.1 Å². The molecule has 2 aromatic rings. The molecule has 9 nitrogen and oxygen atoms in total. The van der Waals surface area contributed by atoms with Gasteiger partial charge in [0.25, 0.3) is 5.69 Å². The van der Waals surface area contributed by atoms with Gasteiger partial charge in [0.2, 0.25) is 0 Å². The summed E-state index contributed by atoms with van der Waals surface area (Å²) in [4.78, 5) is 18.7. The zero-order valence-corrected chi connectivity index (χ0v) is 10.9. The lowest BCUT2D eigenvalue weighted by Crippen LogP contribution is -2.23. The van der Waals surface area contributed by atoms with Gasteiger partial charge in [-0.15, -0.1) is 0 Å². The number of nitrogens with zero attached hydrogens (tertiary/aromatic N) is 3. The minimum atomic E-state index is -0.887. The number of hydrogen-bond donors (Lipinski definition) is 1. The summed E-state index contributed by atoms with van der Waals surface area (Å²) in [6.45, 7) is 1.94. The Morgan fingerprint density at radius 3 is 2.05 bits per heavy atom. The summed E-state index contributed by atoms with van der Waals surface area (Å²) >= 11 is 0. The molecule has 0 bridgehead atoms. The van der Waals surface area contributed by atoms with Crippen molar-refractivity contribution in [3.63, 3.8) is 0 Å². The molecule has 0 saturated carbocycles. The highest BCUT2D eigenvalue weighted by Gasteiger charge is 2.18. The van der Waals surface area contributed by atoms with Gasteiger partial charge >= 0.3 is 5.69 Å². The summed E-state index contributed by atoms with van der Waals surface area (Å²) in [5.41, 5.74) is 0.0100. The van der Waals surface area contributed by atoms with Crippen LogP contribution in [0.25, 0.3) is 0 Å². The maximum absolute atomic E-state index is 10.3.